The Morgan fingerprint density at radius 1 is 1.27 bits per heavy atom. The molecular weight excluding hydrogens is 496 g/mol. The van der Waals surface area contributed by atoms with Gasteiger partial charge in [0.15, 0.2) is 6.23 Å². The van der Waals surface area contributed by atoms with E-state index < -0.39 is 77.4 Å². The monoisotopic (exact) mass is 521 g/mol. The molecule has 0 spiro atoms. The minimum Gasteiger partial charge on any atom is -0.393 e. The van der Waals surface area contributed by atoms with Crippen molar-refractivity contribution in [3.8, 4) is 0 Å². The van der Waals surface area contributed by atoms with E-state index in [1.165, 1.54) is 6.07 Å². The molecule has 1 aromatic heterocycles. The van der Waals surface area contributed by atoms with E-state index in [9.17, 15) is 44.1 Å². The zero-order valence-corrected chi connectivity index (χ0v) is 18.8. The maximum Gasteiger partial charge on any atom is 0.481 e. The molecule has 9 N–H and O–H groups in total. The van der Waals surface area contributed by atoms with E-state index in [0.29, 0.717) is 0 Å². The fourth-order valence-corrected chi connectivity index (χ4v) is 4.60. The molecule has 17 nitrogen and oxygen atoms in total. The Bertz CT molecular complexity index is 973. The largest absolute Gasteiger partial charge is 0.481 e. The van der Waals surface area contributed by atoms with E-state index in [-0.39, 0.29) is 5.82 Å². The number of anilines is 1. The average Bonchev–Trinajstić information content (AvgIpc) is 2.98. The molecule has 2 rings (SSSR count). The Balaban J connectivity index is 1.96. The topological polar surface area (TPSA) is 274 Å². The summed E-state index contributed by atoms with van der Waals surface area (Å²) in [6.45, 7) is -1.94. The minimum atomic E-state index is -5.33. The van der Waals surface area contributed by atoms with Gasteiger partial charge in [-0.1, -0.05) is 0 Å². The van der Waals surface area contributed by atoms with Crippen molar-refractivity contribution in [2.45, 2.75) is 43.2 Å². The number of hydrogen-bond acceptors (Lipinski definition) is 14. The lowest BCUT2D eigenvalue weighted by Gasteiger charge is -2.27. The van der Waals surface area contributed by atoms with Crippen molar-refractivity contribution in [2.24, 2.45) is 0 Å². The zero-order chi connectivity index (χ0) is 25.2. The van der Waals surface area contributed by atoms with Gasteiger partial charge in [0, 0.05) is 6.20 Å². The second-order valence-electron chi connectivity index (χ2n) is 7.23. The molecule has 0 aliphatic carbocycles. The van der Waals surface area contributed by atoms with Gasteiger partial charge in [-0.15, -0.1) is 0 Å². The summed E-state index contributed by atoms with van der Waals surface area (Å²) in [6.07, 6.45) is -7.07. The minimum absolute atomic E-state index is 0.106. The molecule has 8 atom stereocenters. The Morgan fingerprint density at radius 3 is 2.45 bits per heavy atom. The lowest BCUT2D eigenvalue weighted by atomic mass is 10.0. The van der Waals surface area contributed by atoms with Crippen molar-refractivity contribution in [1.82, 2.24) is 9.55 Å². The van der Waals surface area contributed by atoms with E-state index in [4.69, 9.17) is 15.6 Å². The highest BCUT2D eigenvalue weighted by molar-refractivity contribution is 7.61. The number of rotatable bonds is 11. The van der Waals surface area contributed by atoms with E-state index >= 15 is 0 Å². The van der Waals surface area contributed by atoms with Gasteiger partial charge in [-0.3, -0.25) is 13.6 Å². The predicted molar refractivity (Wildman–Crippen MR) is 105 cm³/mol. The molecule has 0 radical (unpaired) electrons. The predicted octanol–water partition coefficient (Wildman–Crippen LogP) is -3.20. The highest BCUT2D eigenvalue weighted by Crippen LogP contribution is 2.60. The van der Waals surface area contributed by atoms with Crippen LogP contribution in [0.25, 0.3) is 0 Å². The number of nitrogens with zero attached hydrogens (tertiary/aromatic N) is 2. The number of ether oxygens (including phenoxy) is 1. The number of nitrogens with two attached hydrogens (primary N) is 1. The Morgan fingerprint density at radius 2 is 1.88 bits per heavy atom. The van der Waals surface area contributed by atoms with Gasteiger partial charge in [-0.2, -0.15) is 9.29 Å². The molecule has 0 amide bonds. The number of aromatic nitrogens is 2. The summed E-state index contributed by atoms with van der Waals surface area (Å²) in [5, 5.41) is 48.3. The number of hydrogen-bond donors (Lipinski definition) is 8. The molecule has 190 valence electrons. The standard InChI is InChI=1S/C14H25N3O14P2/c1-14(23,6-18)8(19)5-29-33(26,27)31-32(24,25)28-4-7-10(20)11(21)12(30-7)17-3-2-9(15)16-13(17)22/h2-3,7-8,10-12,18-21,23H,4-6H2,1H3,(H,24,25)(H,26,27)(H2,15,16,22)/t7-,8-,10-,11-,12-,14+/m1/s1. The number of aliphatic hydroxyl groups is 5. The van der Waals surface area contributed by atoms with Crippen molar-refractivity contribution >= 4 is 21.5 Å². The third kappa shape index (κ3) is 7.34. The number of phosphoric ester groups is 2. The first-order valence-corrected chi connectivity index (χ1v) is 12.1. The lowest BCUT2D eigenvalue weighted by Crippen LogP contribution is -2.45. The molecular formula is C14H25N3O14P2. The molecule has 1 aliphatic rings. The Labute approximate surface area is 185 Å². The maximum atomic E-state index is 12.0. The van der Waals surface area contributed by atoms with Crippen LogP contribution in [0.1, 0.15) is 13.2 Å². The molecule has 33 heavy (non-hydrogen) atoms. The molecule has 1 aromatic rings. The number of aliphatic hydroxyl groups excluding tert-OH is 4. The highest BCUT2D eigenvalue weighted by Gasteiger charge is 2.46. The third-order valence-corrected chi connectivity index (χ3v) is 7.11. The van der Waals surface area contributed by atoms with Crippen molar-refractivity contribution < 1.29 is 62.5 Å². The van der Waals surface area contributed by atoms with Gasteiger partial charge in [-0.05, 0) is 13.0 Å². The molecule has 0 aromatic carbocycles. The van der Waals surface area contributed by atoms with Crippen molar-refractivity contribution in [3.63, 3.8) is 0 Å². The molecule has 0 bridgehead atoms. The average molecular weight is 521 g/mol. The second-order valence-corrected chi connectivity index (χ2v) is 10.3. The fraction of sp³-hybridized carbons (Fsp3) is 0.714. The van der Waals surface area contributed by atoms with Crippen LogP contribution in [0.5, 0.6) is 0 Å². The summed E-state index contributed by atoms with van der Waals surface area (Å²) in [5.41, 5.74) is 2.35. The van der Waals surface area contributed by atoms with E-state index in [1.54, 1.807) is 0 Å². The van der Waals surface area contributed by atoms with E-state index in [0.717, 1.165) is 17.7 Å². The second kappa shape index (κ2) is 10.5. The van der Waals surface area contributed by atoms with Crippen LogP contribution < -0.4 is 11.4 Å². The summed E-state index contributed by atoms with van der Waals surface area (Å²) in [4.78, 5) is 34.5. The summed E-state index contributed by atoms with van der Waals surface area (Å²) < 4.78 is 42.7. The first-order valence-electron chi connectivity index (χ1n) is 9.12. The number of nitrogen functional groups attached to an aromatic ring is 1. The smallest absolute Gasteiger partial charge is 0.393 e. The van der Waals surface area contributed by atoms with Gasteiger partial charge in [0.1, 0.15) is 35.8 Å². The lowest BCUT2D eigenvalue weighted by molar-refractivity contribution is -0.107. The van der Waals surface area contributed by atoms with Gasteiger partial charge in [0.25, 0.3) is 0 Å². The van der Waals surface area contributed by atoms with Crippen LogP contribution in [-0.2, 0) is 27.2 Å². The summed E-state index contributed by atoms with van der Waals surface area (Å²) in [7, 11) is -10.6. The van der Waals surface area contributed by atoms with E-state index in [1.807, 2.05) is 0 Å². The Hall–Kier alpha value is -1.30. The quantitative estimate of drug-likeness (QED) is 0.133. The zero-order valence-electron chi connectivity index (χ0n) is 17.0. The van der Waals surface area contributed by atoms with Crippen LogP contribution in [0.15, 0.2) is 17.1 Å². The van der Waals surface area contributed by atoms with Gasteiger partial charge >= 0.3 is 21.3 Å². The van der Waals surface area contributed by atoms with Gasteiger partial charge < -0.3 is 45.8 Å². The van der Waals surface area contributed by atoms with Crippen LogP contribution in [0.4, 0.5) is 5.82 Å². The highest BCUT2D eigenvalue weighted by atomic mass is 31.3. The third-order valence-electron chi connectivity index (χ3n) is 4.50. The van der Waals surface area contributed by atoms with Crippen LogP contribution in [0.3, 0.4) is 0 Å². The van der Waals surface area contributed by atoms with Crippen LogP contribution in [0, 0.1) is 0 Å². The Kier molecular flexibility index (Phi) is 8.92. The van der Waals surface area contributed by atoms with E-state index in [2.05, 4.69) is 18.3 Å². The van der Waals surface area contributed by atoms with Gasteiger partial charge in [0.2, 0.25) is 0 Å². The SMILES string of the molecule is C[C@](O)(CO)[C@H](O)COP(=O)(O)OP(=O)(O)OC[C@H]1O[C@@H](n2ccc(N)nc2=O)[C@H](O)[C@@H]1O. The molecule has 1 saturated heterocycles. The first kappa shape index (κ1) is 27.9. The van der Waals surface area contributed by atoms with Crippen LogP contribution in [0.2, 0.25) is 0 Å². The maximum absolute atomic E-state index is 12.0. The number of phosphoric acid groups is 2. The summed E-state index contributed by atoms with van der Waals surface area (Å²) in [5.74, 6) is -0.106. The summed E-state index contributed by atoms with van der Waals surface area (Å²) >= 11 is 0. The fourth-order valence-electron chi connectivity index (χ4n) is 2.51. The molecule has 2 heterocycles. The molecule has 19 heteroatoms. The normalized spacial score (nSPS) is 29.7. The van der Waals surface area contributed by atoms with Crippen LogP contribution >= 0.6 is 15.6 Å². The van der Waals surface area contributed by atoms with Crippen molar-refractivity contribution in [3.05, 3.63) is 22.7 Å². The van der Waals surface area contributed by atoms with Crippen molar-refractivity contribution in [1.29, 1.82) is 0 Å². The van der Waals surface area contributed by atoms with Gasteiger partial charge in [0.05, 0.1) is 19.8 Å². The molecule has 1 aliphatic heterocycles. The molecule has 1 fully saturated rings. The summed E-state index contributed by atoms with van der Waals surface area (Å²) in [6, 6.07) is 1.22. The van der Waals surface area contributed by atoms with Crippen molar-refractivity contribution in [2.75, 3.05) is 25.6 Å². The van der Waals surface area contributed by atoms with Gasteiger partial charge in [-0.25, -0.2) is 13.9 Å². The van der Waals surface area contributed by atoms with Crippen LogP contribution in [-0.4, -0.2) is 94.7 Å². The molecule has 0 saturated carbocycles. The molecule has 2 unspecified atom stereocenters. The first-order chi connectivity index (χ1) is 15.1.